The van der Waals surface area contributed by atoms with E-state index in [2.05, 4.69) is 22.8 Å². The maximum Gasteiger partial charge on any atom is 0.264 e. The highest BCUT2D eigenvalue weighted by molar-refractivity contribution is 7.14. The molecule has 4 heterocycles. The molecule has 1 fully saturated rings. The number of carbonyl (C=O) groups is 1. The van der Waals surface area contributed by atoms with Crippen LogP contribution in [0, 0.1) is 13.8 Å². The lowest BCUT2D eigenvalue weighted by atomic mass is 10.1. The summed E-state index contributed by atoms with van der Waals surface area (Å²) in [5.74, 6) is 0.167. The van der Waals surface area contributed by atoms with Gasteiger partial charge < -0.3 is 9.64 Å². The molecular formula is C18H23N3O2S. The number of hydrogen-bond acceptors (Lipinski definition) is 4. The maximum absolute atomic E-state index is 13.0. The van der Waals surface area contributed by atoms with Crippen molar-refractivity contribution in [2.45, 2.75) is 45.8 Å². The van der Waals surface area contributed by atoms with Crippen LogP contribution in [-0.2, 0) is 17.8 Å². The first-order valence-corrected chi connectivity index (χ1v) is 9.45. The van der Waals surface area contributed by atoms with Crippen molar-refractivity contribution in [3.05, 3.63) is 38.8 Å². The fraction of sp³-hybridized carbons (Fsp3) is 0.556. The van der Waals surface area contributed by atoms with Gasteiger partial charge in [-0.25, -0.2) is 0 Å². The molecule has 1 atom stereocenters. The van der Waals surface area contributed by atoms with E-state index in [1.54, 1.807) is 11.3 Å². The van der Waals surface area contributed by atoms with Crippen LogP contribution < -0.4 is 0 Å². The third kappa shape index (κ3) is 2.89. The van der Waals surface area contributed by atoms with Gasteiger partial charge in [-0.2, -0.15) is 5.10 Å². The van der Waals surface area contributed by atoms with E-state index in [0.29, 0.717) is 6.61 Å². The van der Waals surface area contributed by atoms with Crippen LogP contribution in [0.5, 0.6) is 0 Å². The van der Waals surface area contributed by atoms with E-state index in [-0.39, 0.29) is 11.9 Å². The van der Waals surface area contributed by atoms with E-state index in [9.17, 15) is 4.79 Å². The number of aromatic nitrogens is 2. The molecule has 2 aromatic heterocycles. The summed E-state index contributed by atoms with van der Waals surface area (Å²) < 4.78 is 7.59. The Bertz CT molecular complexity index is 741. The van der Waals surface area contributed by atoms with Gasteiger partial charge in [-0.05, 0) is 44.4 Å². The molecule has 2 aromatic rings. The van der Waals surface area contributed by atoms with Crippen molar-refractivity contribution >= 4 is 17.2 Å². The van der Waals surface area contributed by atoms with Gasteiger partial charge in [0.25, 0.3) is 5.91 Å². The molecule has 2 aliphatic rings. The molecule has 6 heteroatoms. The highest BCUT2D eigenvalue weighted by Crippen LogP contribution is 2.30. The monoisotopic (exact) mass is 345 g/mol. The molecule has 5 nitrogen and oxygen atoms in total. The number of nitrogens with zero attached hydrogens (tertiary/aromatic N) is 3. The molecule has 0 aromatic carbocycles. The predicted octanol–water partition coefficient (Wildman–Crippen LogP) is 3.11. The number of likely N-dealkylation sites (tertiary alicyclic amines) is 1. The second-order valence-corrected chi connectivity index (χ2v) is 7.92. The Balaban J connectivity index is 1.52. The van der Waals surface area contributed by atoms with Crippen LogP contribution in [0.25, 0.3) is 0 Å². The largest absolute Gasteiger partial charge is 0.376 e. The Kier molecular flexibility index (Phi) is 4.18. The van der Waals surface area contributed by atoms with Crippen molar-refractivity contribution in [1.29, 1.82) is 0 Å². The van der Waals surface area contributed by atoms with Gasteiger partial charge >= 0.3 is 0 Å². The Morgan fingerprint density at radius 2 is 2.25 bits per heavy atom. The molecule has 1 unspecified atom stereocenters. The van der Waals surface area contributed by atoms with Crippen molar-refractivity contribution in [2.24, 2.45) is 0 Å². The van der Waals surface area contributed by atoms with E-state index in [1.807, 2.05) is 17.9 Å². The molecule has 0 spiro atoms. The minimum absolute atomic E-state index is 0.167. The van der Waals surface area contributed by atoms with E-state index in [4.69, 9.17) is 4.74 Å². The van der Waals surface area contributed by atoms with Gasteiger partial charge in [0, 0.05) is 30.1 Å². The second-order valence-electron chi connectivity index (χ2n) is 6.78. The van der Waals surface area contributed by atoms with Gasteiger partial charge in [-0.3, -0.25) is 9.48 Å². The molecule has 128 valence electrons. The number of amides is 1. The van der Waals surface area contributed by atoms with Crippen LogP contribution in [0.1, 0.15) is 50.4 Å². The normalized spacial score (nSPS) is 20.9. The van der Waals surface area contributed by atoms with E-state index in [1.165, 1.54) is 16.1 Å². The van der Waals surface area contributed by atoms with Gasteiger partial charge in [-0.15, -0.1) is 11.3 Å². The van der Waals surface area contributed by atoms with Crippen LogP contribution in [0.4, 0.5) is 0 Å². The minimum Gasteiger partial charge on any atom is -0.376 e. The zero-order valence-electron chi connectivity index (χ0n) is 14.2. The summed E-state index contributed by atoms with van der Waals surface area (Å²) >= 11 is 1.65. The lowest BCUT2D eigenvalue weighted by Crippen LogP contribution is -2.40. The number of ether oxygens (including phenoxy) is 1. The van der Waals surface area contributed by atoms with Crippen LogP contribution in [0.3, 0.4) is 0 Å². The summed E-state index contributed by atoms with van der Waals surface area (Å²) in [7, 11) is 0. The lowest BCUT2D eigenvalue weighted by molar-refractivity contribution is 0.0676. The topological polar surface area (TPSA) is 47.4 Å². The molecule has 4 rings (SSSR count). The average molecular weight is 345 g/mol. The number of piperidine rings is 1. The number of hydrogen-bond donors (Lipinski definition) is 0. The molecule has 0 radical (unpaired) electrons. The first-order chi connectivity index (χ1) is 11.6. The third-order valence-electron chi connectivity index (χ3n) is 4.91. The smallest absolute Gasteiger partial charge is 0.264 e. The van der Waals surface area contributed by atoms with Crippen LogP contribution in [0.2, 0.25) is 0 Å². The molecular weight excluding hydrogens is 322 g/mol. The number of thiophene rings is 1. The summed E-state index contributed by atoms with van der Waals surface area (Å²) in [5, 5.41) is 4.62. The molecule has 0 bridgehead atoms. The van der Waals surface area contributed by atoms with Crippen LogP contribution in [-0.4, -0.2) is 40.3 Å². The van der Waals surface area contributed by atoms with Gasteiger partial charge in [0.1, 0.15) is 0 Å². The Morgan fingerprint density at radius 1 is 1.38 bits per heavy atom. The zero-order chi connectivity index (χ0) is 16.7. The number of rotatable bonds is 2. The summed E-state index contributed by atoms with van der Waals surface area (Å²) in [6.45, 7) is 7.12. The van der Waals surface area contributed by atoms with Crippen molar-refractivity contribution < 1.29 is 9.53 Å². The Morgan fingerprint density at radius 3 is 3.00 bits per heavy atom. The van der Waals surface area contributed by atoms with Gasteiger partial charge in [-0.1, -0.05) is 0 Å². The van der Waals surface area contributed by atoms with Crippen LogP contribution >= 0.6 is 11.3 Å². The SMILES string of the molecule is Cc1cc(C)n(C2CCCN(C(=O)c3cc4c(s3)CCOC4)C2)n1. The molecule has 1 saturated heterocycles. The Hall–Kier alpha value is -1.66. The molecule has 0 N–H and O–H groups in total. The third-order valence-corrected chi connectivity index (χ3v) is 6.14. The van der Waals surface area contributed by atoms with Gasteiger partial charge in [0.15, 0.2) is 0 Å². The second kappa shape index (κ2) is 6.33. The van der Waals surface area contributed by atoms with Gasteiger partial charge in [0.2, 0.25) is 0 Å². The predicted molar refractivity (Wildman–Crippen MR) is 93.6 cm³/mol. The first-order valence-electron chi connectivity index (χ1n) is 8.63. The number of aryl methyl sites for hydroxylation is 2. The first kappa shape index (κ1) is 15.8. The molecule has 0 saturated carbocycles. The lowest BCUT2D eigenvalue weighted by Gasteiger charge is -2.33. The van der Waals surface area contributed by atoms with Crippen molar-refractivity contribution in [3.63, 3.8) is 0 Å². The summed E-state index contributed by atoms with van der Waals surface area (Å²) in [6, 6.07) is 4.43. The van der Waals surface area contributed by atoms with E-state index in [0.717, 1.165) is 49.5 Å². The highest BCUT2D eigenvalue weighted by Gasteiger charge is 2.28. The highest BCUT2D eigenvalue weighted by atomic mass is 32.1. The number of carbonyl (C=O) groups excluding carboxylic acids is 1. The minimum atomic E-state index is 0.167. The summed E-state index contributed by atoms with van der Waals surface area (Å²) in [4.78, 5) is 17.1. The molecule has 2 aliphatic heterocycles. The van der Waals surface area contributed by atoms with E-state index >= 15 is 0 Å². The van der Waals surface area contributed by atoms with Crippen LogP contribution in [0.15, 0.2) is 12.1 Å². The Labute approximate surface area is 146 Å². The van der Waals surface area contributed by atoms with Gasteiger partial charge in [0.05, 0.1) is 29.8 Å². The number of fused-ring (bicyclic) bond motifs is 1. The average Bonchev–Trinajstić information content (AvgIpc) is 3.17. The quantitative estimate of drug-likeness (QED) is 0.840. The fourth-order valence-corrected chi connectivity index (χ4v) is 4.88. The summed E-state index contributed by atoms with van der Waals surface area (Å²) in [6.07, 6.45) is 3.05. The fourth-order valence-electron chi connectivity index (χ4n) is 3.76. The summed E-state index contributed by atoms with van der Waals surface area (Å²) in [5.41, 5.74) is 3.42. The van der Waals surface area contributed by atoms with E-state index < -0.39 is 0 Å². The molecule has 1 amide bonds. The van der Waals surface area contributed by atoms with Crippen molar-refractivity contribution in [3.8, 4) is 0 Å². The zero-order valence-corrected chi connectivity index (χ0v) is 15.1. The molecule has 24 heavy (non-hydrogen) atoms. The van der Waals surface area contributed by atoms with Crippen molar-refractivity contribution in [2.75, 3.05) is 19.7 Å². The van der Waals surface area contributed by atoms with Crippen molar-refractivity contribution in [1.82, 2.24) is 14.7 Å². The molecule has 0 aliphatic carbocycles. The standard InChI is InChI=1S/C18H23N3O2S/c1-12-8-13(2)21(19-12)15-4-3-6-20(10-15)18(22)17-9-14-11-23-7-5-16(14)24-17/h8-9,15H,3-7,10-11H2,1-2H3. The maximum atomic E-state index is 13.0.